The molecule has 0 saturated carbocycles. The van der Waals surface area contributed by atoms with Gasteiger partial charge in [0.05, 0.1) is 6.54 Å². The van der Waals surface area contributed by atoms with E-state index in [1.54, 1.807) is 23.0 Å². The van der Waals surface area contributed by atoms with Crippen LogP contribution in [0.5, 0.6) is 0 Å². The van der Waals surface area contributed by atoms with E-state index in [9.17, 15) is 9.90 Å². The molecule has 0 radical (unpaired) electrons. The van der Waals surface area contributed by atoms with Crippen LogP contribution in [0.2, 0.25) is 0 Å². The fourth-order valence-corrected chi connectivity index (χ4v) is 3.26. The van der Waals surface area contributed by atoms with Crippen LogP contribution in [0.3, 0.4) is 0 Å². The Kier molecular flexibility index (Phi) is 5.46. The van der Waals surface area contributed by atoms with Crippen LogP contribution in [0.25, 0.3) is 0 Å². The number of hydrogen-bond acceptors (Lipinski definition) is 7. The lowest BCUT2D eigenvalue weighted by Gasteiger charge is -2.29. The summed E-state index contributed by atoms with van der Waals surface area (Å²) in [6.07, 6.45) is 6.37. The highest BCUT2D eigenvalue weighted by molar-refractivity contribution is 5.75. The summed E-state index contributed by atoms with van der Waals surface area (Å²) in [4.78, 5) is 28.3. The molecule has 0 aromatic carbocycles. The number of hydrogen-bond donors (Lipinski definition) is 1. The normalized spacial score (nSPS) is 19.7. The van der Waals surface area contributed by atoms with Crippen molar-refractivity contribution in [3.63, 3.8) is 0 Å². The maximum absolute atomic E-state index is 12.3. The molecule has 1 fully saturated rings. The molecule has 1 atom stereocenters. The van der Waals surface area contributed by atoms with Crippen molar-refractivity contribution in [1.82, 2.24) is 29.6 Å². The van der Waals surface area contributed by atoms with E-state index in [2.05, 4.69) is 20.1 Å². The van der Waals surface area contributed by atoms with Crippen LogP contribution in [0.15, 0.2) is 25.0 Å². The number of likely N-dealkylation sites (N-methyl/N-ethyl adjacent to an activating group) is 1. The van der Waals surface area contributed by atoms with Crippen molar-refractivity contribution in [3.8, 4) is 0 Å². The van der Waals surface area contributed by atoms with Crippen molar-refractivity contribution in [2.75, 3.05) is 31.6 Å². The lowest BCUT2D eigenvalue weighted by Crippen LogP contribution is -2.45. The molecule has 0 unspecified atom stereocenters. The second kappa shape index (κ2) is 7.77. The number of aryl methyl sites for hydroxylation is 2. The summed E-state index contributed by atoms with van der Waals surface area (Å²) in [5.74, 6) is 0.838. The van der Waals surface area contributed by atoms with E-state index < -0.39 is 5.60 Å². The first kappa shape index (κ1) is 18.2. The Labute approximate surface area is 152 Å². The molecule has 3 heterocycles. The Hall–Kier alpha value is -2.55. The first-order chi connectivity index (χ1) is 12.5. The summed E-state index contributed by atoms with van der Waals surface area (Å²) in [5, 5.41) is 14.9. The molecule has 1 amide bonds. The number of carbonyl (C=O) groups excluding carboxylic acids is 1. The number of rotatable bonds is 7. The van der Waals surface area contributed by atoms with Crippen LogP contribution < -0.4 is 4.90 Å². The third-order valence-electron chi connectivity index (χ3n) is 4.65. The lowest BCUT2D eigenvalue weighted by atomic mass is 10.0. The van der Waals surface area contributed by atoms with Gasteiger partial charge < -0.3 is 14.9 Å². The first-order valence-electron chi connectivity index (χ1n) is 8.78. The Morgan fingerprint density at radius 3 is 2.96 bits per heavy atom. The van der Waals surface area contributed by atoms with Crippen molar-refractivity contribution in [3.05, 3.63) is 30.7 Å². The number of anilines is 1. The SMILES string of the molecule is Cc1cc(N2CC[C@@](O)(CN(C)C(=O)CCCn3cncn3)C2)ncn1. The van der Waals surface area contributed by atoms with Gasteiger partial charge in [0.1, 0.15) is 30.4 Å². The molecule has 140 valence electrons. The van der Waals surface area contributed by atoms with Crippen molar-refractivity contribution >= 4 is 11.7 Å². The van der Waals surface area contributed by atoms with Gasteiger partial charge in [0, 0.05) is 44.9 Å². The van der Waals surface area contributed by atoms with Crippen LogP contribution >= 0.6 is 0 Å². The van der Waals surface area contributed by atoms with Gasteiger partial charge in [-0.25, -0.2) is 15.0 Å². The Morgan fingerprint density at radius 2 is 2.23 bits per heavy atom. The fraction of sp³-hybridized carbons (Fsp3) is 0.588. The fourth-order valence-electron chi connectivity index (χ4n) is 3.26. The van der Waals surface area contributed by atoms with E-state index in [1.807, 2.05) is 17.9 Å². The van der Waals surface area contributed by atoms with E-state index >= 15 is 0 Å². The molecule has 2 aromatic rings. The Bertz CT molecular complexity index is 736. The molecule has 2 aromatic heterocycles. The molecule has 9 heteroatoms. The zero-order valence-electron chi connectivity index (χ0n) is 15.2. The molecular weight excluding hydrogens is 334 g/mol. The number of aliphatic hydroxyl groups is 1. The van der Waals surface area contributed by atoms with Gasteiger partial charge in [0.2, 0.25) is 5.91 Å². The molecule has 0 bridgehead atoms. The molecule has 0 spiro atoms. The molecule has 0 aliphatic carbocycles. The average Bonchev–Trinajstić information content (AvgIpc) is 3.25. The van der Waals surface area contributed by atoms with Crippen LogP contribution in [-0.2, 0) is 11.3 Å². The predicted molar refractivity (Wildman–Crippen MR) is 95.4 cm³/mol. The van der Waals surface area contributed by atoms with Gasteiger partial charge in [0.15, 0.2) is 0 Å². The molecule has 1 N–H and O–H groups in total. The van der Waals surface area contributed by atoms with Gasteiger partial charge in [-0.05, 0) is 19.8 Å². The highest BCUT2D eigenvalue weighted by atomic mass is 16.3. The van der Waals surface area contributed by atoms with E-state index in [0.29, 0.717) is 45.4 Å². The van der Waals surface area contributed by atoms with Crippen molar-refractivity contribution in [2.24, 2.45) is 0 Å². The number of carbonyl (C=O) groups is 1. The summed E-state index contributed by atoms with van der Waals surface area (Å²) >= 11 is 0. The van der Waals surface area contributed by atoms with Gasteiger partial charge in [-0.15, -0.1) is 0 Å². The van der Waals surface area contributed by atoms with Crippen molar-refractivity contribution in [2.45, 2.75) is 38.3 Å². The molecule has 3 rings (SSSR count). The predicted octanol–water partition coefficient (Wildman–Crippen LogP) is 0.257. The van der Waals surface area contributed by atoms with Crippen LogP contribution in [-0.4, -0.2) is 72.9 Å². The van der Waals surface area contributed by atoms with Crippen molar-refractivity contribution < 1.29 is 9.90 Å². The van der Waals surface area contributed by atoms with E-state index in [-0.39, 0.29) is 5.91 Å². The molecule has 1 saturated heterocycles. The summed E-state index contributed by atoms with van der Waals surface area (Å²) in [6, 6.07) is 1.91. The number of aromatic nitrogens is 5. The second-order valence-electron chi connectivity index (χ2n) is 6.93. The highest BCUT2D eigenvalue weighted by Crippen LogP contribution is 2.26. The van der Waals surface area contributed by atoms with E-state index in [1.165, 1.54) is 12.7 Å². The minimum atomic E-state index is -0.921. The topological polar surface area (TPSA) is 100 Å². The first-order valence-corrected chi connectivity index (χ1v) is 8.78. The average molecular weight is 359 g/mol. The van der Waals surface area contributed by atoms with Gasteiger partial charge in [-0.1, -0.05) is 0 Å². The van der Waals surface area contributed by atoms with Crippen LogP contribution in [0.1, 0.15) is 25.0 Å². The monoisotopic (exact) mass is 359 g/mol. The second-order valence-corrected chi connectivity index (χ2v) is 6.93. The summed E-state index contributed by atoms with van der Waals surface area (Å²) in [6.45, 7) is 4.06. The summed E-state index contributed by atoms with van der Waals surface area (Å²) in [5.41, 5.74) is -0.0278. The highest BCUT2D eigenvalue weighted by Gasteiger charge is 2.38. The van der Waals surface area contributed by atoms with Crippen molar-refractivity contribution in [1.29, 1.82) is 0 Å². The zero-order valence-corrected chi connectivity index (χ0v) is 15.2. The summed E-state index contributed by atoms with van der Waals surface area (Å²) < 4.78 is 1.71. The van der Waals surface area contributed by atoms with Gasteiger partial charge >= 0.3 is 0 Å². The molecule has 9 nitrogen and oxygen atoms in total. The number of nitrogens with zero attached hydrogens (tertiary/aromatic N) is 7. The maximum atomic E-state index is 12.3. The van der Waals surface area contributed by atoms with E-state index in [0.717, 1.165) is 11.5 Å². The van der Waals surface area contributed by atoms with Gasteiger partial charge in [-0.2, -0.15) is 5.10 Å². The molecule has 1 aliphatic heterocycles. The van der Waals surface area contributed by atoms with Gasteiger partial charge in [-0.3, -0.25) is 9.48 Å². The number of β-amino-alcohol motifs (C(OH)–C–C–N with tert-alkyl or cyclic N) is 1. The minimum absolute atomic E-state index is 0.0230. The smallest absolute Gasteiger partial charge is 0.222 e. The lowest BCUT2D eigenvalue weighted by molar-refractivity contribution is -0.133. The Morgan fingerprint density at radius 1 is 1.38 bits per heavy atom. The largest absolute Gasteiger partial charge is 0.386 e. The minimum Gasteiger partial charge on any atom is -0.386 e. The third kappa shape index (κ3) is 4.54. The molecular formula is C17H25N7O2. The van der Waals surface area contributed by atoms with E-state index in [4.69, 9.17) is 0 Å². The quantitative estimate of drug-likeness (QED) is 0.756. The summed E-state index contributed by atoms with van der Waals surface area (Å²) in [7, 11) is 1.74. The number of amides is 1. The van der Waals surface area contributed by atoms with Gasteiger partial charge in [0.25, 0.3) is 0 Å². The molecule has 26 heavy (non-hydrogen) atoms. The maximum Gasteiger partial charge on any atom is 0.222 e. The van der Waals surface area contributed by atoms with Crippen LogP contribution in [0, 0.1) is 6.92 Å². The Balaban J connectivity index is 1.48. The zero-order chi connectivity index (χ0) is 18.6. The third-order valence-corrected chi connectivity index (χ3v) is 4.65. The molecule has 1 aliphatic rings. The standard InChI is InChI=1S/C17H25N7O2/c1-14-8-15(20-12-19-14)23-7-5-17(26,10-23)9-22(2)16(25)4-3-6-24-13-18-11-21-24/h8,11-13,26H,3-7,9-10H2,1-2H3/t17-/m1/s1. The van der Waals surface area contributed by atoms with Crippen LogP contribution in [0.4, 0.5) is 5.82 Å².